The molecule has 5 nitrogen and oxygen atoms in total. The first kappa shape index (κ1) is 15.3. The van der Waals surface area contributed by atoms with Gasteiger partial charge in [0.15, 0.2) is 11.5 Å². The lowest BCUT2D eigenvalue weighted by Crippen LogP contribution is -2.12. The summed E-state index contributed by atoms with van der Waals surface area (Å²) in [4.78, 5) is 8.84. The van der Waals surface area contributed by atoms with Crippen LogP contribution in [-0.4, -0.2) is 24.6 Å². The van der Waals surface area contributed by atoms with Gasteiger partial charge in [0.1, 0.15) is 10.8 Å². The van der Waals surface area contributed by atoms with E-state index in [1.807, 2.05) is 24.3 Å². The lowest BCUT2D eigenvalue weighted by molar-refractivity contribution is 0.628. The molecule has 4 aromatic rings. The van der Waals surface area contributed by atoms with Gasteiger partial charge in [-0.25, -0.2) is 13.9 Å². The van der Waals surface area contributed by atoms with Gasteiger partial charge >= 0.3 is 0 Å². The lowest BCUT2D eigenvalue weighted by atomic mass is 10.1. The average Bonchev–Trinajstić information content (AvgIpc) is 3.07. The first-order valence-corrected chi connectivity index (χ1v) is 7.90. The molecule has 0 radical (unpaired) electrons. The standard InChI is InChI=1S/C18H12FN5S/c19-13-3-1-12(2-4-13)17-22-18-14(16(20)25)5-6-15(24(18)23-17)11-7-9-21-10-8-11/h1-10H,(H2,20,25). The molecular formula is C18H12FN5S. The molecule has 2 N–H and O–H groups in total. The van der Waals surface area contributed by atoms with Crippen LogP contribution in [0.15, 0.2) is 60.9 Å². The Morgan fingerprint density at radius 2 is 1.68 bits per heavy atom. The molecule has 3 aromatic heterocycles. The molecule has 0 atom stereocenters. The van der Waals surface area contributed by atoms with E-state index in [2.05, 4.69) is 15.1 Å². The highest BCUT2D eigenvalue weighted by Gasteiger charge is 2.15. The maximum atomic E-state index is 13.2. The van der Waals surface area contributed by atoms with Crippen molar-refractivity contribution in [1.82, 2.24) is 19.6 Å². The van der Waals surface area contributed by atoms with E-state index in [4.69, 9.17) is 18.0 Å². The van der Waals surface area contributed by atoms with Crippen LogP contribution in [0.3, 0.4) is 0 Å². The molecule has 0 spiro atoms. The Morgan fingerprint density at radius 1 is 0.960 bits per heavy atom. The molecule has 25 heavy (non-hydrogen) atoms. The van der Waals surface area contributed by atoms with Gasteiger partial charge in [-0.2, -0.15) is 0 Å². The maximum absolute atomic E-state index is 13.2. The fourth-order valence-corrected chi connectivity index (χ4v) is 2.78. The smallest absolute Gasteiger partial charge is 0.182 e. The van der Waals surface area contributed by atoms with Gasteiger partial charge in [0.2, 0.25) is 0 Å². The van der Waals surface area contributed by atoms with Crippen molar-refractivity contribution in [1.29, 1.82) is 0 Å². The highest BCUT2D eigenvalue weighted by molar-refractivity contribution is 7.80. The quantitative estimate of drug-likeness (QED) is 0.575. The molecule has 0 aliphatic heterocycles. The van der Waals surface area contributed by atoms with E-state index in [1.165, 1.54) is 12.1 Å². The van der Waals surface area contributed by atoms with E-state index in [0.717, 1.165) is 11.3 Å². The summed E-state index contributed by atoms with van der Waals surface area (Å²) in [7, 11) is 0. The van der Waals surface area contributed by atoms with Gasteiger partial charge in [-0.1, -0.05) is 12.2 Å². The van der Waals surface area contributed by atoms with Gasteiger partial charge in [-0.3, -0.25) is 4.98 Å². The summed E-state index contributed by atoms with van der Waals surface area (Å²) in [5, 5.41) is 4.58. The number of thiocarbonyl (C=S) groups is 1. The Balaban J connectivity index is 1.98. The topological polar surface area (TPSA) is 69.1 Å². The summed E-state index contributed by atoms with van der Waals surface area (Å²) in [6.45, 7) is 0. The molecule has 1 aromatic carbocycles. The van der Waals surface area contributed by atoms with Crippen molar-refractivity contribution in [2.75, 3.05) is 0 Å². The number of hydrogen-bond donors (Lipinski definition) is 1. The van der Waals surface area contributed by atoms with Crippen molar-refractivity contribution < 1.29 is 4.39 Å². The normalized spacial score (nSPS) is 10.9. The lowest BCUT2D eigenvalue weighted by Gasteiger charge is -2.06. The van der Waals surface area contributed by atoms with Gasteiger partial charge in [0.25, 0.3) is 0 Å². The molecule has 0 amide bonds. The number of nitrogens with two attached hydrogens (primary N) is 1. The number of pyridine rings is 2. The van der Waals surface area contributed by atoms with Crippen LogP contribution in [0, 0.1) is 5.82 Å². The monoisotopic (exact) mass is 349 g/mol. The zero-order valence-corrected chi connectivity index (χ0v) is 13.7. The predicted molar refractivity (Wildman–Crippen MR) is 97.5 cm³/mol. The Morgan fingerprint density at radius 3 is 2.36 bits per heavy atom. The molecule has 7 heteroatoms. The third kappa shape index (κ3) is 2.74. The van der Waals surface area contributed by atoms with Crippen LogP contribution in [0.1, 0.15) is 5.56 Å². The molecule has 3 heterocycles. The van der Waals surface area contributed by atoms with Crippen molar-refractivity contribution in [2.45, 2.75) is 0 Å². The summed E-state index contributed by atoms with van der Waals surface area (Å²) in [5.41, 5.74) is 9.49. The fourth-order valence-electron chi connectivity index (χ4n) is 2.62. The van der Waals surface area contributed by atoms with Crippen molar-refractivity contribution in [2.24, 2.45) is 5.73 Å². The van der Waals surface area contributed by atoms with Crippen LogP contribution in [-0.2, 0) is 0 Å². The number of hydrogen-bond acceptors (Lipinski definition) is 4. The van der Waals surface area contributed by atoms with Gasteiger partial charge in [0, 0.05) is 23.5 Å². The number of fused-ring (bicyclic) bond motifs is 1. The fraction of sp³-hybridized carbons (Fsp3) is 0. The van der Waals surface area contributed by atoms with Gasteiger partial charge in [-0.05, 0) is 48.5 Å². The molecule has 0 saturated heterocycles. The van der Waals surface area contributed by atoms with Gasteiger partial charge in [-0.15, -0.1) is 5.10 Å². The van der Waals surface area contributed by atoms with E-state index in [9.17, 15) is 4.39 Å². The summed E-state index contributed by atoms with van der Waals surface area (Å²) in [6.07, 6.45) is 3.42. The highest BCUT2D eigenvalue weighted by atomic mass is 32.1. The largest absolute Gasteiger partial charge is 0.389 e. The van der Waals surface area contributed by atoms with E-state index in [0.29, 0.717) is 22.6 Å². The van der Waals surface area contributed by atoms with Crippen LogP contribution in [0.2, 0.25) is 0 Å². The van der Waals surface area contributed by atoms with Crippen molar-refractivity contribution in [3.8, 4) is 22.6 Å². The molecular weight excluding hydrogens is 337 g/mol. The summed E-state index contributed by atoms with van der Waals surface area (Å²) >= 11 is 5.13. The molecule has 0 unspecified atom stereocenters. The second kappa shape index (κ2) is 6.03. The zero-order chi connectivity index (χ0) is 17.4. The molecule has 0 aliphatic rings. The number of halogens is 1. The SMILES string of the molecule is NC(=S)c1ccc(-c2ccncc2)n2nc(-c3ccc(F)cc3)nc12. The minimum absolute atomic E-state index is 0.240. The molecule has 0 saturated carbocycles. The van der Waals surface area contributed by atoms with Crippen LogP contribution >= 0.6 is 12.2 Å². The summed E-state index contributed by atoms with van der Waals surface area (Å²) in [6, 6.07) is 13.5. The Hall–Kier alpha value is -3.19. The minimum Gasteiger partial charge on any atom is -0.389 e. The first-order valence-electron chi connectivity index (χ1n) is 7.49. The van der Waals surface area contributed by atoms with Crippen molar-refractivity contribution >= 4 is 22.9 Å². The van der Waals surface area contributed by atoms with Crippen molar-refractivity contribution in [3.63, 3.8) is 0 Å². The summed E-state index contributed by atoms with van der Waals surface area (Å²) in [5.74, 6) is 0.160. The highest BCUT2D eigenvalue weighted by Crippen LogP contribution is 2.25. The van der Waals surface area contributed by atoms with Gasteiger partial charge < -0.3 is 5.73 Å². The van der Waals surface area contributed by atoms with E-state index in [-0.39, 0.29) is 10.8 Å². The van der Waals surface area contributed by atoms with E-state index in [1.54, 1.807) is 29.0 Å². The van der Waals surface area contributed by atoms with Crippen LogP contribution in [0.25, 0.3) is 28.3 Å². The van der Waals surface area contributed by atoms with Crippen LogP contribution in [0.4, 0.5) is 4.39 Å². The molecule has 4 rings (SSSR count). The first-order chi connectivity index (χ1) is 12.1. The predicted octanol–water partition coefficient (Wildman–Crippen LogP) is 3.23. The molecule has 0 fully saturated rings. The molecule has 0 bridgehead atoms. The average molecular weight is 349 g/mol. The Bertz CT molecular complexity index is 1070. The minimum atomic E-state index is -0.311. The van der Waals surface area contributed by atoms with Crippen LogP contribution < -0.4 is 5.73 Å². The van der Waals surface area contributed by atoms with E-state index >= 15 is 0 Å². The second-order valence-electron chi connectivity index (χ2n) is 5.41. The molecule has 0 aliphatic carbocycles. The van der Waals surface area contributed by atoms with Crippen LogP contribution in [0.5, 0.6) is 0 Å². The third-order valence-electron chi connectivity index (χ3n) is 3.83. The van der Waals surface area contributed by atoms with Crippen molar-refractivity contribution in [3.05, 3.63) is 72.3 Å². The Labute approximate surface area is 148 Å². The number of rotatable bonds is 3. The second-order valence-corrected chi connectivity index (χ2v) is 5.85. The van der Waals surface area contributed by atoms with Gasteiger partial charge in [0.05, 0.1) is 11.3 Å². The maximum Gasteiger partial charge on any atom is 0.182 e. The summed E-state index contributed by atoms with van der Waals surface area (Å²) < 4.78 is 14.9. The van der Waals surface area contributed by atoms with E-state index < -0.39 is 0 Å². The molecule has 122 valence electrons. The zero-order valence-electron chi connectivity index (χ0n) is 12.9. The Kier molecular flexibility index (Phi) is 3.70. The third-order valence-corrected chi connectivity index (χ3v) is 4.05. The number of benzene rings is 1. The number of aromatic nitrogens is 4. The number of nitrogens with zero attached hydrogens (tertiary/aromatic N) is 4.